The molecule has 0 spiro atoms. The molecule has 1 amide bonds. The average Bonchev–Trinajstić information content (AvgIpc) is 2.26. The highest BCUT2D eigenvalue weighted by atomic mass is 79.9. The van der Waals surface area contributed by atoms with Gasteiger partial charge >= 0.3 is 5.97 Å². The number of hydrogen-bond donors (Lipinski definition) is 1. The summed E-state index contributed by atoms with van der Waals surface area (Å²) in [5.41, 5.74) is -0.782. The van der Waals surface area contributed by atoms with Gasteiger partial charge in [-0.3, -0.25) is 4.79 Å². The second-order valence-electron chi connectivity index (χ2n) is 4.24. The quantitative estimate of drug-likeness (QED) is 0.932. The fourth-order valence-electron chi connectivity index (χ4n) is 1.21. The molecule has 1 rings (SSSR count). The second kappa shape index (κ2) is 4.87. The number of nitrogens with zero attached hydrogens (tertiary/aromatic N) is 1. The number of likely N-dealkylation sites (N-methyl/N-ethyl adjacent to an activating group) is 1. The van der Waals surface area contributed by atoms with E-state index in [9.17, 15) is 9.59 Å². The van der Waals surface area contributed by atoms with Crippen LogP contribution in [-0.2, 0) is 4.79 Å². The van der Waals surface area contributed by atoms with Crippen LogP contribution in [0.1, 0.15) is 24.2 Å². The van der Waals surface area contributed by atoms with Gasteiger partial charge < -0.3 is 10.0 Å². The molecule has 0 fully saturated rings. The molecule has 92 valence electrons. The topological polar surface area (TPSA) is 57.6 Å². The van der Waals surface area contributed by atoms with E-state index in [1.54, 1.807) is 24.3 Å². The first-order valence-electron chi connectivity index (χ1n) is 5.04. The maximum Gasteiger partial charge on any atom is 0.329 e. The molecular formula is C12H14BrNO3. The lowest BCUT2D eigenvalue weighted by atomic mass is 10.0. The summed E-state index contributed by atoms with van der Waals surface area (Å²) in [4.78, 5) is 24.4. The van der Waals surface area contributed by atoms with E-state index in [1.165, 1.54) is 25.8 Å². The van der Waals surface area contributed by atoms with E-state index in [0.717, 1.165) is 4.47 Å². The van der Waals surface area contributed by atoms with Crippen LogP contribution < -0.4 is 0 Å². The molecule has 4 nitrogen and oxygen atoms in total. The Morgan fingerprint density at radius 1 is 1.35 bits per heavy atom. The molecule has 0 bridgehead atoms. The lowest BCUT2D eigenvalue weighted by molar-refractivity contribution is -0.147. The number of carbonyl (C=O) groups excluding carboxylic acids is 1. The molecule has 0 heterocycles. The molecule has 1 aromatic rings. The van der Waals surface area contributed by atoms with Crippen molar-refractivity contribution < 1.29 is 14.7 Å². The molecule has 5 heteroatoms. The van der Waals surface area contributed by atoms with E-state index >= 15 is 0 Å². The number of benzene rings is 1. The van der Waals surface area contributed by atoms with E-state index in [-0.39, 0.29) is 5.91 Å². The van der Waals surface area contributed by atoms with Crippen molar-refractivity contribution in [3.05, 3.63) is 34.3 Å². The number of rotatable bonds is 3. The van der Waals surface area contributed by atoms with Gasteiger partial charge in [0.2, 0.25) is 0 Å². The number of aliphatic carboxylic acids is 1. The maximum absolute atomic E-state index is 12.1. The molecular weight excluding hydrogens is 286 g/mol. The molecule has 17 heavy (non-hydrogen) atoms. The van der Waals surface area contributed by atoms with Crippen LogP contribution >= 0.6 is 15.9 Å². The summed E-state index contributed by atoms with van der Waals surface area (Å²) in [6.07, 6.45) is 0. The number of hydrogen-bond acceptors (Lipinski definition) is 2. The van der Waals surface area contributed by atoms with Gasteiger partial charge in [-0.2, -0.15) is 0 Å². The van der Waals surface area contributed by atoms with Crippen molar-refractivity contribution in [3.8, 4) is 0 Å². The van der Waals surface area contributed by atoms with Crippen molar-refractivity contribution in [2.75, 3.05) is 7.05 Å². The Morgan fingerprint density at radius 3 is 2.41 bits per heavy atom. The van der Waals surface area contributed by atoms with E-state index in [2.05, 4.69) is 15.9 Å². The SMILES string of the molecule is CN(C(=O)c1cccc(Br)c1)C(C)(C)C(=O)O. The highest BCUT2D eigenvalue weighted by Crippen LogP contribution is 2.18. The zero-order valence-corrected chi connectivity index (χ0v) is 11.5. The highest BCUT2D eigenvalue weighted by Gasteiger charge is 2.35. The van der Waals surface area contributed by atoms with Crippen LogP contribution in [0.3, 0.4) is 0 Å². The molecule has 0 aromatic heterocycles. The van der Waals surface area contributed by atoms with Crippen molar-refractivity contribution in [1.29, 1.82) is 0 Å². The van der Waals surface area contributed by atoms with E-state index in [4.69, 9.17) is 5.11 Å². The van der Waals surface area contributed by atoms with Crippen LogP contribution in [0.4, 0.5) is 0 Å². The van der Waals surface area contributed by atoms with E-state index in [1.807, 2.05) is 0 Å². The van der Waals surface area contributed by atoms with Gasteiger partial charge in [-0.05, 0) is 32.0 Å². The molecule has 0 unspecified atom stereocenters. The van der Waals surface area contributed by atoms with Gasteiger partial charge in [-0.1, -0.05) is 22.0 Å². The average molecular weight is 300 g/mol. The number of carbonyl (C=O) groups is 2. The molecule has 0 aliphatic rings. The van der Waals surface area contributed by atoms with Crippen LogP contribution in [0, 0.1) is 0 Å². The van der Waals surface area contributed by atoms with Crippen LogP contribution in [0.2, 0.25) is 0 Å². The number of carboxylic acid groups (broad SMARTS) is 1. The van der Waals surface area contributed by atoms with Crippen molar-refractivity contribution >= 4 is 27.8 Å². The van der Waals surface area contributed by atoms with Crippen LogP contribution in [0.5, 0.6) is 0 Å². The first kappa shape index (κ1) is 13.7. The zero-order valence-electron chi connectivity index (χ0n) is 9.90. The monoisotopic (exact) mass is 299 g/mol. The first-order chi connectivity index (χ1) is 7.76. The third-order valence-electron chi connectivity index (χ3n) is 2.74. The second-order valence-corrected chi connectivity index (χ2v) is 5.15. The minimum absolute atomic E-state index is 0.321. The summed E-state index contributed by atoms with van der Waals surface area (Å²) in [6.45, 7) is 2.98. The van der Waals surface area contributed by atoms with Gasteiger partial charge in [0.1, 0.15) is 5.54 Å². The largest absolute Gasteiger partial charge is 0.480 e. The normalized spacial score (nSPS) is 11.1. The summed E-state index contributed by atoms with van der Waals surface area (Å²) < 4.78 is 0.782. The summed E-state index contributed by atoms with van der Waals surface area (Å²) in [5, 5.41) is 9.06. The molecule has 0 saturated carbocycles. The van der Waals surface area contributed by atoms with E-state index < -0.39 is 11.5 Å². The standard InChI is InChI=1S/C12H14BrNO3/c1-12(2,11(16)17)14(3)10(15)8-5-4-6-9(13)7-8/h4-7H,1-3H3,(H,16,17). The molecule has 0 aliphatic heterocycles. The van der Waals surface area contributed by atoms with Crippen LogP contribution in [-0.4, -0.2) is 34.5 Å². The molecule has 0 aliphatic carbocycles. The number of carboxylic acids is 1. The van der Waals surface area contributed by atoms with E-state index in [0.29, 0.717) is 5.56 Å². The Kier molecular flexibility index (Phi) is 3.93. The van der Waals surface area contributed by atoms with Crippen molar-refractivity contribution in [2.24, 2.45) is 0 Å². The third kappa shape index (κ3) is 2.85. The molecule has 0 atom stereocenters. The Hall–Kier alpha value is -1.36. The fraction of sp³-hybridized carbons (Fsp3) is 0.333. The summed E-state index contributed by atoms with van der Waals surface area (Å²) in [6, 6.07) is 6.86. The number of amides is 1. The first-order valence-corrected chi connectivity index (χ1v) is 5.83. The Balaban J connectivity index is 3.02. The van der Waals surface area contributed by atoms with Crippen LogP contribution in [0.25, 0.3) is 0 Å². The lowest BCUT2D eigenvalue weighted by Gasteiger charge is -2.31. The van der Waals surface area contributed by atoms with Gasteiger partial charge in [0.05, 0.1) is 0 Å². The fourth-order valence-corrected chi connectivity index (χ4v) is 1.61. The Morgan fingerprint density at radius 2 is 1.94 bits per heavy atom. The smallest absolute Gasteiger partial charge is 0.329 e. The lowest BCUT2D eigenvalue weighted by Crippen LogP contribution is -2.50. The summed E-state index contributed by atoms with van der Waals surface area (Å²) in [7, 11) is 1.48. The molecule has 0 radical (unpaired) electrons. The van der Waals surface area contributed by atoms with Gasteiger partial charge in [0.15, 0.2) is 0 Å². The summed E-state index contributed by atoms with van der Waals surface area (Å²) >= 11 is 3.27. The van der Waals surface area contributed by atoms with Gasteiger partial charge in [-0.25, -0.2) is 4.79 Å². The predicted molar refractivity (Wildman–Crippen MR) is 68.0 cm³/mol. The Bertz CT molecular complexity index is 457. The van der Waals surface area contributed by atoms with Crippen molar-refractivity contribution in [1.82, 2.24) is 4.90 Å². The van der Waals surface area contributed by atoms with Gasteiger partial charge in [0, 0.05) is 17.1 Å². The van der Waals surface area contributed by atoms with Crippen molar-refractivity contribution in [2.45, 2.75) is 19.4 Å². The van der Waals surface area contributed by atoms with Crippen molar-refractivity contribution in [3.63, 3.8) is 0 Å². The maximum atomic E-state index is 12.1. The number of halogens is 1. The summed E-state index contributed by atoms with van der Waals surface area (Å²) in [5.74, 6) is -1.36. The van der Waals surface area contributed by atoms with Gasteiger partial charge in [-0.15, -0.1) is 0 Å². The van der Waals surface area contributed by atoms with Crippen LogP contribution in [0.15, 0.2) is 28.7 Å². The zero-order chi connectivity index (χ0) is 13.2. The Labute approximate surface area is 108 Å². The molecule has 1 N–H and O–H groups in total. The third-order valence-corrected chi connectivity index (χ3v) is 3.23. The highest BCUT2D eigenvalue weighted by molar-refractivity contribution is 9.10. The minimum atomic E-state index is -1.24. The molecule has 0 saturated heterocycles. The molecule has 1 aromatic carbocycles. The predicted octanol–water partition coefficient (Wildman–Crippen LogP) is 2.38. The van der Waals surface area contributed by atoms with Gasteiger partial charge in [0.25, 0.3) is 5.91 Å². The minimum Gasteiger partial charge on any atom is -0.480 e.